The third-order valence-electron chi connectivity index (χ3n) is 3.32. The van der Waals surface area contributed by atoms with Crippen molar-refractivity contribution < 1.29 is 9.90 Å². The van der Waals surface area contributed by atoms with Crippen molar-refractivity contribution in [1.29, 1.82) is 0 Å². The molecule has 1 fully saturated rings. The average Bonchev–Trinajstić information content (AvgIpc) is 2.77. The molecule has 0 spiro atoms. The minimum Gasteiger partial charge on any atom is -0.481 e. The van der Waals surface area contributed by atoms with Crippen molar-refractivity contribution in [2.24, 2.45) is 5.92 Å². The van der Waals surface area contributed by atoms with E-state index in [9.17, 15) is 4.79 Å². The van der Waals surface area contributed by atoms with E-state index in [0.29, 0.717) is 5.92 Å². The quantitative estimate of drug-likeness (QED) is 0.914. The third kappa shape index (κ3) is 2.07. The lowest BCUT2D eigenvalue weighted by Crippen LogP contribution is -2.07. The Morgan fingerprint density at radius 2 is 2.40 bits per heavy atom. The van der Waals surface area contributed by atoms with Gasteiger partial charge in [-0.1, -0.05) is 35.0 Å². The predicted octanol–water partition coefficient (Wildman–Crippen LogP) is 3.20. The summed E-state index contributed by atoms with van der Waals surface area (Å²) in [7, 11) is 0. The predicted molar refractivity (Wildman–Crippen MR) is 61.9 cm³/mol. The second kappa shape index (κ2) is 3.63. The van der Waals surface area contributed by atoms with Gasteiger partial charge in [-0.05, 0) is 35.4 Å². The van der Waals surface area contributed by atoms with E-state index in [4.69, 9.17) is 5.11 Å². The maximum absolute atomic E-state index is 10.6. The fraction of sp³-hybridized carbons (Fsp3) is 0.417. The molecule has 2 rings (SSSR count). The van der Waals surface area contributed by atoms with Gasteiger partial charge in [0, 0.05) is 10.9 Å². The summed E-state index contributed by atoms with van der Waals surface area (Å²) in [6.45, 7) is 2.14. The van der Waals surface area contributed by atoms with E-state index in [1.54, 1.807) is 0 Å². The molecular formula is C12H13BrO2. The van der Waals surface area contributed by atoms with E-state index in [1.165, 1.54) is 5.56 Å². The molecule has 0 saturated heterocycles. The minimum absolute atomic E-state index is 0.0716. The van der Waals surface area contributed by atoms with Crippen molar-refractivity contribution in [3.63, 3.8) is 0 Å². The van der Waals surface area contributed by atoms with Crippen LogP contribution in [0.1, 0.15) is 25.3 Å². The smallest absolute Gasteiger partial charge is 0.303 e. The second-order valence-corrected chi connectivity index (χ2v) is 5.34. The van der Waals surface area contributed by atoms with Crippen molar-refractivity contribution in [1.82, 2.24) is 0 Å². The molecule has 2 unspecified atom stereocenters. The number of carboxylic acid groups (broad SMARTS) is 1. The van der Waals surface area contributed by atoms with Gasteiger partial charge < -0.3 is 5.11 Å². The lowest BCUT2D eigenvalue weighted by molar-refractivity contribution is -0.137. The number of hydrogen-bond donors (Lipinski definition) is 1. The van der Waals surface area contributed by atoms with Crippen LogP contribution in [0.25, 0.3) is 0 Å². The maximum Gasteiger partial charge on any atom is 0.303 e. The molecule has 1 aliphatic carbocycles. The standard InChI is InChI=1S/C12H13BrO2/c1-12(7-9(12)6-11(14)15)8-3-2-4-10(13)5-8/h2-5,9H,6-7H2,1H3,(H,14,15). The third-order valence-corrected chi connectivity index (χ3v) is 3.81. The minimum atomic E-state index is -0.696. The first kappa shape index (κ1) is 10.7. The maximum atomic E-state index is 10.6. The number of carboxylic acids is 1. The van der Waals surface area contributed by atoms with Crippen molar-refractivity contribution in [3.8, 4) is 0 Å². The van der Waals surface area contributed by atoms with Gasteiger partial charge in [0.1, 0.15) is 0 Å². The van der Waals surface area contributed by atoms with Crippen molar-refractivity contribution in [3.05, 3.63) is 34.3 Å². The lowest BCUT2D eigenvalue weighted by Gasteiger charge is -2.11. The first-order valence-electron chi connectivity index (χ1n) is 5.00. The summed E-state index contributed by atoms with van der Waals surface area (Å²) in [5, 5.41) is 8.75. The van der Waals surface area contributed by atoms with E-state index < -0.39 is 5.97 Å². The normalized spacial score (nSPS) is 28.8. The molecule has 0 aliphatic heterocycles. The SMILES string of the molecule is CC1(c2cccc(Br)c2)CC1CC(=O)O. The van der Waals surface area contributed by atoms with Gasteiger partial charge in [-0.15, -0.1) is 0 Å². The highest BCUT2D eigenvalue weighted by Gasteiger charge is 2.51. The highest BCUT2D eigenvalue weighted by Crippen LogP contribution is 2.55. The summed E-state index contributed by atoms with van der Waals surface area (Å²) in [4.78, 5) is 10.6. The Bertz CT molecular complexity index is 402. The number of hydrogen-bond acceptors (Lipinski definition) is 1. The molecule has 2 nitrogen and oxygen atoms in total. The van der Waals surface area contributed by atoms with E-state index in [2.05, 4.69) is 35.0 Å². The van der Waals surface area contributed by atoms with Crippen LogP contribution in [0.2, 0.25) is 0 Å². The number of halogens is 1. The summed E-state index contributed by atoms with van der Waals surface area (Å²) in [5.74, 6) is -0.400. The summed E-state index contributed by atoms with van der Waals surface area (Å²) in [6.07, 6.45) is 1.26. The van der Waals surface area contributed by atoms with Gasteiger partial charge >= 0.3 is 5.97 Å². The van der Waals surface area contributed by atoms with Gasteiger partial charge in [-0.25, -0.2) is 0 Å². The Balaban J connectivity index is 2.16. The molecule has 1 N–H and O–H groups in total. The Hall–Kier alpha value is -0.830. The van der Waals surface area contributed by atoms with Crippen molar-refractivity contribution in [2.45, 2.75) is 25.2 Å². The highest BCUT2D eigenvalue weighted by atomic mass is 79.9. The van der Waals surface area contributed by atoms with Crippen LogP contribution in [-0.4, -0.2) is 11.1 Å². The molecule has 3 heteroatoms. The van der Waals surface area contributed by atoms with E-state index >= 15 is 0 Å². The summed E-state index contributed by atoms with van der Waals surface area (Å²) in [5.41, 5.74) is 1.31. The van der Waals surface area contributed by atoms with Crippen molar-refractivity contribution in [2.75, 3.05) is 0 Å². The fourth-order valence-electron chi connectivity index (χ4n) is 2.16. The van der Waals surface area contributed by atoms with Crippen LogP contribution >= 0.6 is 15.9 Å². The van der Waals surface area contributed by atoms with Gasteiger partial charge in [-0.2, -0.15) is 0 Å². The molecule has 2 atom stereocenters. The molecule has 80 valence electrons. The summed E-state index contributed by atoms with van der Waals surface area (Å²) < 4.78 is 1.06. The summed E-state index contributed by atoms with van der Waals surface area (Å²) >= 11 is 3.44. The van der Waals surface area contributed by atoms with Crippen LogP contribution in [-0.2, 0) is 10.2 Å². The Morgan fingerprint density at radius 1 is 1.67 bits per heavy atom. The monoisotopic (exact) mass is 268 g/mol. The largest absolute Gasteiger partial charge is 0.481 e. The second-order valence-electron chi connectivity index (χ2n) is 4.43. The number of benzene rings is 1. The van der Waals surface area contributed by atoms with Crippen molar-refractivity contribution >= 4 is 21.9 Å². The lowest BCUT2D eigenvalue weighted by atomic mass is 9.94. The molecule has 0 aromatic heterocycles. The first-order chi connectivity index (χ1) is 7.02. The highest BCUT2D eigenvalue weighted by molar-refractivity contribution is 9.10. The molecule has 0 radical (unpaired) electrons. The number of aliphatic carboxylic acids is 1. The Kier molecular flexibility index (Phi) is 2.59. The van der Waals surface area contributed by atoms with Crippen LogP contribution in [0, 0.1) is 5.92 Å². The van der Waals surface area contributed by atoms with Gasteiger partial charge in [0.15, 0.2) is 0 Å². The van der Waals surface area contributed by atoms with E-state index in [-0.39, 0.29) is 11.8 Å². The van der Waals surface area contributed by atoms with Gasteiger partial charge in [0.25, 0.3) is 0 Å². The molecular weight excluding hydrogens is 256 g/mol. The van der Waals surface area contributed by atoms with Crippen LogP contribution in [0.3, 0.4) is 0 Å². The molecule has 1 aliphatic rings. The Morgan fingerprint density at radius 3 is 3.00 bits per heavy atom. The molecule has 0 heterocycles. The molecule has 0 bridgehead atoms. The van der Waals surface area contributed by atoms with Crippen LogP contribution in [0.4, 0.5) is 0 Å². The molecule has 1 aromatic rings. The number of rotatable bonds is 3. The van der Waals surface area contributed by atoms with E-state index in [1.807, 2.05) is 12.1 Å². The first-order valence-corrected chi connectivity index (χ1v) is 5.79. The summed E-state index contributed by atoms with van der Waals surface area (Å²) in [6, 6.07) is 8.15. The zero-order valence-corrected chi connectivity index (χ0v) is 10.1. The van der Waals surface area contributed by atoms with Gasteiger partial charge in [0.2, 0.25) is 0 Å². The molecule has 1 aromatic carbocycles. The zero-order chi connectivity index (χ0) is 11.1. The van der Waals surface area contributed by atoms with Gasteiger partial charge in [0.05, 0.1) is 0 Å². The van der Waals surface area contributed by atoms with Gasteiger partial charge in [-0.3, -0.25) is 4.79 Å². The topological polar surface area (TPSA) is 37.3 Å². The molecule has 15 heavy (non-hydrogen) atoms. The fourth-order valence-corrected chi connectivity index (χ4v) is 2.56. The molecule has 0 amide bonds. The zero-order valence-electron chi connectivity index (χ0n) is 8.53. The molecule has 1 saturated carbocycles. The van der Waals surface area contributed by atoms with Crippen LogP contribution in [0.15, 0.2) is 28.7 Å². The van der Waals surface area contributed by atoms with E-state index in [0.717, 1.165) is 10.9 Å². The van der Waals surface area contributed by atoms with Crippen LogP contribution in [0.5, 0.6) is 0 Å². The van der Waals surface area contributed by atoms with Crippen LogP contribution < -0.4 is 0 Å². The Labute approximate surface area is 97.4 Å². The number of carbonyl (C=O) groups is 1. The average molecular weight is 269 g/mol.